The third kappa shape index (κ3) is 4.08. The molecule has 1 amide bonds. The van der Waals surface area contributed by atoms with Gasteiger partial charge in [-0.25, -0.2) is 0 Å². The quantitative estimate of drug-likeness (QED) is 0.704. The van der Waals surface area contributed by atoms with Gasteiger partial charge >= 0.3 is 0 Å². The smallest absolute Gasteiger partial charge is 0.229 e. The van der Waals surface area contributed by atoms with E-state index >= 15 is 0 Å². The number of hydrogen-bond donors (Lipinski definition) is 0. The Hall–Kier alpha value is -1.92. The maximum atomic E-state index is 13.0. The molecule has 1 aromatic carbocycles. The second-order valence-electron chi connectivity index (χ2n) is 7.94. The van der Waals surface area contributed by atoms with Gasteiger partial charge < -0.3 is 14.2 Å². The van der Waals surface area contributed by atoms with Crippen molar-refractivity contribution < 1.29 is 14.1 Å². The van der Waals surface area contributed by atoms with Gasteiger partial charge in [-0.15, -0.1) is 0 Å². The van der Waals surface area contributed by atoms with Crippen molar-refractivity contribution >= 4 is 17.5 Å². The Labute approximate surface area is 170 Å². The average molecular weight is 404 g/mol. The Morgan fingerprint density at radius 2 is 2.21 bits per heavy atom. The molecule has 0 spiro atoms. The third-order valence-corrected chi connectivity index (χ3v) is 6.23. The van der Waals surface area contributed by atoms with Crippen LogP contribution in [0.3, 0.4) is 0 Å². The molecular formula is C21H26ClN3O3. The second kappa shape index (κ2) is 8.21. The normalized spacial score (nSPS) is 22.4. The van der Waals surface area contributed by atoms with Crippen molar-refractivity contribution in [3.63, 3.8) is 0 Å². The van der Waals surface area contributed by atoms with E-state index in [1.54, 1.807) is 7.11 Å². The van der Waals surface area contributed by atoms with Crippen LogP contribution in [0.5, 0.6) is 0 Å². The maximum absolute atomic E-state index is 13.0. The number of benzene rings is 1. The number of carbonyl (C=O) groups is 1. The predicted molar refractivity (Wildman–Crippen MR) is 105 cm³/mol. The van der Waals surface area contributed by atoms with Crippen LogP contribution in [0.25, 0.3) is 0 Å². The molecule has 1 saturated carbocycles. The molecule has 0 bridgehead atoms. The van der Waals surface area contributed by atoms with E-state index in [1.807, 2.05) is 29.2 Å². The third-order valence-electron chi connectivity index (χ3n) is 5.86. The summed E-state index contributed by atoms with van der Waals surface area (Å²) >= 11 is 6.25. The zero-order chi connectivity index (χ0) is 19.6. The van der Waals surface area contributed by atoms with Crippen LogP contribution < -0.4 is 0 Å². The summed E-state index contributed by atoms with van der Waals surface area (Å²) in [6.45, 7) is 1.93. The van der Waals surface area contributed by atoms with E-state index in [0.717, 1.165) is 55.9 Å². The fraction of sp³-hybridized carbons (Fsp3) is 0.571. The van der Waals surface area contributed by atoms with Gasteiger partial charge in [-0.2, -0.15) is 4.98 Å². The first-order chi connectivity index (χ1) is 13.6. The zero-order valence-corrected chi connectivity index (χ0v) is 17.0. The van der Waals surface area contributed by atoms with Crippen LogP contribution in [-0.4, -0.2) is 47.8 Å². The van der Waals surface area contributed by atoms with Gasteiger partial charge in [-0.3, -0.25) is 4.79 Å². The number of ether oxygens (including phenoxy) is 1. The number of carbonyl (C=O) groups excluding carboxylic acids is 1. The minimum absolute atomic E-state index is 0.0838. The molecule has 0 N–H and O–H groups in total. The standard InChI is InChI=1S/C21H26ClN3O3/c1-27-12-10-21(20-23-19(28-24-20)15-7-8-15)9-4-11-25(14-21)18(26)13-16-5-2-3-6-17(16)22/h2-3,5-6,15H,4,7-14H2,1H3. The van der Waals surface area contributed by atoms with Crippen molar-refractivity contribution in [1.29, 1.82) is 0 Å². The molecule has 1 aliphatic carbocycles. The van der Waals surface area contributed by atoms with Crippen LogP contribution in [0.1, 0.15) is 55.3 Å². The van der Waals surface area contributed by atoms with Gasteiger partial charge in [0.25, 0.3) is 0 Å². The lowest BCUT2D eigenvalue weighted by Crippen LogP contribution is -2.50. The van der Waals surface area contributed by atoms with Gasteiger partial charge in [-0.05, 0) is 43.7 Å². The van der Waals surface area contributed by atoms with Gasteiger partial charge in [0.1, 0.15) is 0 Å². The first kappa shape index (κ1) is 19.4. The van der Waals surface area contributed by atoms with Crippen LogP contribution >= 0.6 is 11.6 Å². The Morgan fingerprint density at radius 3 is 2.96 bits per heavy atom. The van der Waals surface area contributed by atoms with E-state index in [-0.39, 0.29) is 11.3 Å². The molecule has 2 heterocycles. The lowest BCUT2D eigenvalue weighted by atomic mass is 9.76. The number of amides is 1. The summed E-state index contributed by atoms with van der Waals surface area (Å²) in [5.41, 5.74) is 0.541. The number of halogens is 1. The SMILES string of the molecule is COCCC1(c2noc(C3CC3)n2)CCCN(C(=O)Cc2ccccc2Cl)C1. The van der Waals surface area contributed by atoms with Gasteiger partial charge in [-0.1, -0.05) is 35.0 Å². The minimum atomic E-state index is -0.318. The van der Waals surface area contributed by atoms with Crippen LogP contribution in [-0.2, 0) is 21.4 Å². The molecule has 0 radical (unpaired) electrons. The molecule has 1 saturated heterocycles. The van der Waals surface area contributed by atoms with Crippen LogP contribution in [0.15, 0.2) is 28.8 Å². The summed E-state index contributed by atoms with van der Waals surface area (Å²) in [4.78, 5) is 19.7. The Morgan fingerprint density at radius 1 is 1.39 bits per heavy atom. The minimum Gasteiger partial charge on any atom is -0.385 e. The maximum Gasteiger partial charge on any atom is 0.229 e. The van der Waals surface area contributed by atoms with E-state index in [1.165, 1.54) is 0 Å². The topological polar surface area (TPSA) is 68.5 Å². The highest BCUT2D eigenvalue weighted by atomic mass is 35.5. The van der Waals surface area contributed by atoms with Crippen molar-refractivity contribution in [2.45, 2.75) is 49.9 Å². The van der Waals surface area contributed by atoms with E-state index in [0.29, 0.717) is 30.5 Å². The van der Waals surface area contributed by atoms with E-state index in [9.17, 15) is 4.79 Å². The second-order valence-corrected chi connectivity index (χ2v) is 8.35. The number of hydrogen-bond acceptors (Lipinski definition) is 5. The summed E-state index contributed by atoms with van der Waals surface area (Å²) < 4.78 is 10.9. The molecule has 6 nitrogen and oxygen atoms in total. The lowest BCUT2D eigenvalue weighted by Gasteiger charge is -2.41. The molecule has 1 aromatic heterocycles. The van der Waals surface area contributed by atoms with Crippen LogP contribution in [0.4, 0.5) is 0 Å². The number of methoxy groups -OCH3 is 1. The van der Waals surface area contributed by atoms with E-state index in [2.05, 4.69) is 5.16 Å². The summed E-state index contributed by atoms with van der Waals surface area (Å²) in [6, 6.07) is 7.51. The number of rotatable bonds is 7. The first-order valence-electron chi connectivity index (χ1n) is 9.95. The Bertz CT molecular complexity index is 836. The van der Waals surface area contributed by atoms with E-state index in [4.69, 9.17) is 25.8 Å². The molecule has 28 heavy (non-hydrogen) atoms. The molecule has 2 aromatic rings. The van der Waals surface area contributed by atoms with Crippen molar-refractivity contribution in [3.8, 4) is 0 Å². The van der Waals surface area contributed by atoms with Gasteiger partial charge in [0, 0.05) is 37.7 Å². The molecule has 1 unspecified atom stereocenters. The highest BCUT2D eigenvalue weighted by molar-refractivity contribution is 6.31. The molecule has 1 atom stereocenters. The molecule has 2 aliphatic rings. The van der Waals surface area contributed by atoms with Gasteiger partial charge in [0.2, 0.25) is 11.8 Å². The predicted octanol–water partition coefficient (Wildman–Crippen LogP) is 3.74. The summed E-state index contributed by atoms with van der Waals surface area (Å²) in [7, 11) is 1.70. The fourth-order valence-corrected chi connectivity index (χ4v) is 4.21. The summed E-state index contributed by atoms with van der Waals surface area (Å²) in [6.07, 6.45) is 5.15. The van der Waals surface area contributed by atoms with Crippen molar-refractivity contribution in [2.24, 2.45) is 0 Å². The lowest BCUT2D eigenvalue weighted by molar-refractivity contribution is -0.133. The van der Waals surface area contributed by atoms with E-state index < -0.39 is 0 Å². The largest absolute Gasteiger partial charge is 0.385 e. The average Bonchev–Trinajstić information content (AvgIpc) is 3.44. The molecule has 4 rings (SSSR count). The summed E-state index contributed by atoms with van der Waals surface area (Å²) in [5, 5.41) is 4.95. The molecule has 1 aliphatic heterocycles. The number of piperidine rings is 1. The fourth-order valence-electron chi connectivity index (χ4n) is 4.00. The van der Waals surface area contributed by atoms with Gasteiger partial charge in [0.05, 0.1) is 11.8 Å². The van der Waals surface area contributed by atoms with Crippen molar-refractivity contribution in [1.82, 2.24) is 15.0 Å². The highest BCUT2D eigenvalue weighted by Crippen LogP contribution is 2.41. The number of nitrogens with zero attached hydrogens (tertiary/aromatic N) is 3. The van der Waals surface area contributed by atoms with Crippen LogP contribution in [0, 0.1) is 0 Å². The van der Waals surface area contributed by atoms with Crippen molar-refractivity contribution in [2.75, 3.05) is 26.8 Å². The molecule has 7 heteroatoms. The molecule has 150 valence electrons. The van der Waals surface area contributed by atoms with Gasteiger partial charge in [0.15, 0.2) is 5.82 Å². The molecular weight excluding hydrogens is 378 g/mol. The monoisotopic (exact) mass is 403 g/mol. The van der Waals surface area contributed by atoms with Crippen molar-refractivity contribution in [3.05, 3.63) is 46.6 Å². The van der Waals surface area contributed by atoms with Crippen LogP contribution in [0.2, 0.25) is 5.02 Å². The molecule has 2 fully saturated rings. The Kier molecular flexibility index (Phi) is 5.69. The Balaban J connectivity index is 1.53. The number of aromatic nitrogens is 2. The zero-order valence-electron chi connectivity index (χ0n) is 16.2. The summed E-state index contributed by atoms with van der Waals surface area (Å²) in [5.74, 6) is 1.97. The number of likely N-dealkylation sites (tertiary alicyclic amines) is 1. The highest BCUT2D eigenvalue weighted by Gasteiger charge is 2.43. The first-order valence-corrected chi connectivity index (χ1v) is 10.3.